The van der Waals surface area contributed by atoms with E-state index in [1.807, 2.05) is 36.4 Å². The fourth-order valence-corrected chi connectivity index (χ4v) is 5.22. The third kappa shape index (κ3) is 3.69. The number of ether oxygens (including phenoxy) is 3. The zero-order chi connectivity index (χ0) is 20.4. The average Bonchev–Trinajstić information content (AvgIpc) is 2.74. The highest BCUT2D eigenvalue weighted by Crippen LogP contribution is 2.49. The van der Waals surface area contributed by atoms with Crippen molar-refractivity contribution in [2.45, 2.75) is 31.4 Å². The van der Waals surface area contributed by atoms with Crippen molar-refractivity contribution in [1.82, 2.24) is 4.90 Å². The van der Waals surface area contributed by atoms with Crippen LogP contribution in [0, 0.1) is 11.8 Å². The molecule has 4 rings (SSSR count). The second kappa shape index (κ2) is 8.25. The van der Waals surface area contributed by atoms with Gasteiger partial charge in [-0.2, -0.15) is 0 Å². The molecule has 5 heteroatoms. The van der Waals surface area contributed by atoms with Gasteiger partial charge < -0.3 is 19.3 Å². The molecule has 1 aliphatic carbocycles. The first-order valence-electron chi connectivity index (χ1n) is 10.4. The van der Waals surface area contributed by atoms with Crippen molar-refractivity contribution in [3.8, 4) is 17.2 Å². The number of likely N-dealkylation sites (tertiary alicyclic amines) is 1. The van der Waals surface area contributed by atoms with Gasteiger partial charge in [-0.3, -0.25) is 4.90 Å². The van der Waals surface area contributed by atoms with Crippen LogP contribution in [0.3, 0.4) is 0 Å². The maximum Gasteiger partial charge on any atom is 0.127 e. The van der Waals surface area contributed by atoms with E-state index in [0.717, 1.165) is 60.9 Å². The highest BCUT2D eigenvalue weighted by atomic mass is 16.5. The molecule has 0 radical (unpaired) electrons. The van der Waals surface area contributed by atoms with Crippen molar-refractivity contribution in [1.29, 1.82) is 0 Å². The van der Waals surface area contributed by atoms with Crippen LogP contribution in [0.2, 0.25) is 0 Å². The van der Waals surface area contributed by atoms with Gasteiger partial charge in [0.05, 0.1) is 26.9 Å². The third-order valence-electron chi connectivity index (χ3n) is 6.75. The largest absolute Gasteiger partial charge is 0.497 e. The van der Waals surface area contributed by atoms with Crippen LogP contribution in [-0.4, -0.2) is 44.4 Å². The van der Waals surface area contributed by atoms with Gasteiger partial charge >= 0.3 is 0 Å². The minimum atomic E-state index is -0.759. The summed E-state index contributed by atoms with van der Waals surface area (Å²) in [5.41, 5.74) is 1.42. The number of rotatable bonds is 6. The Morgan fingerprint density at radius 3 is 2.10 bits per heavy atom. The Labute approximate surface area is 173 Å². The molecule has 2 fully saturated rings. The molecule has 1 heterocycles. The Morgan fingerprint density at radius 1 is 0.897 bits per heavy atom. The van der Waals surface area contributed by atoms with Crippen molar-refractivity contribution in [3.05, 3.63) is 53.6 Å². The van der Waals surface area contributed by atoms with Gasteiger partial charge in [0.15, 0.2) is 0 Å². The van der Waals surface area contributed by atoms with Crippen LogP contribution in [0.1, 0.15) is 30.4 Å². The zero-order valence-electron chi connectivity index (χ0n) is 17.6. The Morgan fingerprint density at radius 2 is 1.52 bits per heavy atom. The molecular weight excluding hydrogens is 366 g/mol. The first-order chi connectivity index (χ1) is 14.1. The lowest BCUT2D eigenvalue weighted by Crippen LogP contribution is -2.57. The summed E-state index contributed by atoms with van der Waals surface area (Å²) in [6, 6.07) is 14.0. The van der Waals surface area contributed by atoms with Crippen molar-refractivity contribution in [2.75, 3.05) is 34.4 Å². The maximum atomic E-state index is 11.8. The zero-order valence-corrected chi connectivity index (χ0v) is 17.6. The van der Waals surface area contributed by atoms with E-state index >= 15 is 0 Å². The van der Waals surface area contributed by atoms with Crippen molar-refractivity contribution < 1.29 is 19.3 Å². The van der Waals surface area contributed by atoms with Crippen LogP contribution in [0.15, 0.2) is 42.5 Å². The standard InChI is InChI=1S/C24H31NO4/c1-27-21-11-8-18(9-12-21)24(26)19-5-4-6-20(24)16-25(15-19)14-17-7-10-22(28-2)13-23(17)29-3/h7-13,19-20,26H,4-6,14-16H2,1-3H3/t19-,20-/m1/s1. The summed E-state index contributed by atoms with van der Waals surface area (Å²) in [5, 5.41) is 11.8. The maximum absolute atomic E-state index is 11.8. The molecule has 1 saturated heterocycles. The van der Waals surface area contributed by atoms with Crippen LogP contribution < -0.4 is 14.2 Å². The van der Waals surface area contributed by atoms with E-state index in [9.17, 15) is 5.11 Å². The quantitative estimate of drug-likeness (QED) is 0.803. The van der Waals surface area contributed by atoms with Gasteiger partial charge in [0.25, 0.3) is 0 Å². The fraction of sp³-hybridized carbons (Fsp3) is 0.500. The molecule has 2 aliphatic rings. The number of piperidine rings is 1. The molecule has 5 nitrogen and oxygen atoms in total. The van der Waals surface area contributed by atoms with Gasteiger partial charge in [0.2, 0.25) is 0 Å². The molecule has 2 aromatic carbocycles. The molecule has 0 unspecified atom stereocenters. The summed E-state index contributed by atoms with van der Waals surface area (Å²) in [4.78, 5) is 2.47. The van der Waals surface area contributed by atoms with Crippen LogP contribution in [-0.2, 0) is 12.1 Å². The fourth-order valence-electron chi connectivity index (χ4n) is 5.22. The summed E-state index contributed by atoms with van der Waals surface area (Å²) in [6.07, 6.45) is 3.29. The van der Waals surface area contributed by atoms with Crippen molar-refractivity contribution >= 4 is 0 Å². The van der Waals surface area contributed by atoms with E-state index in [1.54, 1.807) is 21.3 Å². The number of fused-ring (bicyclic) bond motifs is 2. The Bertz CT molecular complexity index is 821. The summed E-state index contributed by atoms with van der Waals surface area (Å²) in [5.74, 6) is 2.94. The topological polar surface area (TPSA) is 51.2 Å². The molecule has 156 valence electrons. The smallest absolute Gasteiger partial charge is 0.127 e. The molecule has 1 N–H and O–H groups in total. The number of methoxy groups -OCH3 is 3. The number of hydrogen-bond acceptors (Lipinski definition) is 5. The summed E-state index contributed by atoms with van der Waals surface area (Å²) in [7, 11) is 5.04. The first kappa shape index (κ1) is 20.0. The van der Waals surface area contributed by atoms with Gasteiger partial charge in [0.1, 0.15) is 17.2 Å². The molecule has 2 bridgehead atoms. The molecule has 1 aliphatic heterocycles. The van der Waals surface area contributed by atoms with E-state index < -0.39 is 5.60 Å². The first-order valence-corrected chi connectivity index (χ1v) is 10.4. The van der Waals surface area contributed by atoms with E-state index in [4.69, 9.17) is 14.2 Å². The minimum absolute atomic E-state index is 0.229. The normalized spacial score (nSPS) is 26.8. The Hall–Kier alpha value is -2.24. The van der Waals surface area contributed by atoms with Crippen molar-refractivity contribution in [3.63, 3.8) is 0 Å². The van der Waals surface area contributed by atoms with E-state index in [1.165, 1.54) is 6.42 Å². The third-order valence-corrected chi connectivity index (χ3v) is 6.75. The molecular formula is C24H31NO4. The number of nitrogens with zero attached hydrogens (tertiary/aromatic N) is 1. The number of benzene rings is 2. The van der Waals surface area contributed by atoms with Gasteiger partial charge in [-0.15, -0.1) is 0 Å². The molecule has 29 heavy (non-hydrogen) atoms. The summed E-state index contributed by atoms with van der Waals surface area (Å²) >= 11 is 0. The SMILES string of the molecule is COc1ccc(C2(O)[C@@H]3CCC[C@@H]2CN(Cc2ccc(OC)cc2OC)C3)cc1. The van der Waals surface area contributed by atoms with Crippen LogP contribution in [0.5, 0.6) is 17.2 Å². The predicted octanol–water partition coefficient (Wildman–Crippen LogP) is 3.83. The summed E-state index contributed by atoms with van der Waals surface area (Å²) < 4.78 is 16.2. The summed E-state index contributed by atoms with van der Waals surface area (Å²) in [6.45, 7) is 2.58. The predicted molar refractivity (Wildman–Crippen MR) is 113 cm³/mol. The minimum Gasteiger partial charge on any atom is -0.497 e. The lowest BCUT2D eigenvalue weighted by molar-refractivity contribution is -0.148. The highest BCUT2D eigenvalue weighted by Gasteiger charge is 2.51. The monoisotopic (exact) mass is 397 g/mol. The van der Waals surface area contributed by atoms with E-state index in [2.05, 4.69) is 11.0 Å². The van der Waals surface area contributed by atoms with Gasteiger partial charge in [0, 0.05) is 43.1 Å². The van der Waals surface area contributed by atoms with Crippen molar-refractivity contribution in [2.24, 2.45) is 11.8 Å². The highest BCUT2D eigenvalue weighted by molar-refractivity contribution is 5.41. The lowest BCUT2D eigenvalue weighted by Gasteiger charge is -2.53. The lowest BCUT2D eigenvalue weighted by atomic mass is 9.62. The Balaban J connectivity index is 1.55. The Kier molecular flexibility index (Phi) is 5.70. The van der Waals surface area contributed by atoms with Gasteiger partial charge in [-0.1, -0.05) is 24.6 Å². The van der Waals surface area contributed by atoms with Crippen LogP contribution in [0.4, 0.5) is 0 Å². The van der Waals surface area contributed by atoms with E-state index in [0.29, 0.717) is 0 Å². The van der Waals surface area contributed by atoms with Crippen LogP contribution >= 0.6 is 0 Å². The second-order valence-electron chi connectivity index (χ2n) is 8.25. The van der Waals surface area contributed by atoms with Gasteiger partial charge in [-0.05, 0) is 36.6 Å². The molecule has 0 amide bonds. The number of aliphatic hydroxyl groups is 1. The molecule has 0 aromatic heterocycles. The van der Waals surface area contributed by atoms with E-state index in [-0.39, 0.29) is 11.8 Å². The second-order valence-corrected chi connectivity index (χ2v) is 8.25. The molecule has 1 saturated carbocycles. The number of hydrogen-bond donors (Lipinski definition) is 1. The van der Waals surface area contributed by atoms with Gasteiger partial charge in [-0.25, -0.2) is 0 Å². The average molecular weight is 398 g/mol. The molecule has 0 spiro atoms. The molecule has 2 atom stereocenters. The molecule has 2 aromatic rings. The van der Waals surface area contributed by atoms with Crippen LogP contribution in [0.25, 0.3) is 0 Å².